The van der Waals surface area contributed by atoms with E-state index in [1.807, 2.05) is 13.1 Å². The van der Waals surface area contributed by atoms with Gasteiger partial charge in [-0.25, -0.2) is 0 Å². The lowest BCUT2D eigenvalue weighted by molar-refractivity contribution is 0.338. The van der Waals surface area contributed by atoms with Gasteiger partial charge in [-0.2, -0.15) is 11.1 Å². The first-order valence-electron chi connectivity index (χ1n) is 2.79. The second kappa shape index (κ2) is 3.81. The molecule has 0 aromatic carbocycles. The molecule has 0 aliphatic rings. The predicted molar refractivity (Wildman–Crippen MR) is 42.7 cm³/mol. The van der Waals surface area contributed by atoms with Gasteiger partial charge in [0.2, 0.25) is 0 Å². The van der Waals surface area contributed by atoms with Crippen molar-refractivity contribution in [2.24, 2.45) is 0 Å². The summed E-state index contributed by atoms with van der Waals surface area (Å²) in [5.74, 6) is 2.63. The first-order valence-corrected chi connectivity index (χ1v) is 7.00. The van der Waals surface area contributed by atoms with Crippen LogP contribution >= 0.6 is 11.1 Å². The molecule has 9 heavy (non-hydrogen) atoms. The zero-order chi connectivity index (χ0) is 7.33. The summed E-state index contributed by atoms with van der Waals surface area (Å²) in [5, 5.41) is 0. The molecule has 0 aromatic heterocycles. The highest BCUT2D eigenvalue weighted by Gasteiger charge is 2.16. The first-order chi connectivity index (χ1) is 4.06. The summed E-state index contributed by atoms with van der Waals surface area (Å²) in [7, 11) is -1.55. The average molecular weight is 163 g/mol. The van der Waals surface area contributed by atoms with Gasteiger partial charge in [0.15, 0.2) is 7.38 Å². The highest BCUT2D eigenvalue weighted by molar-refractivity contribution is 7.19. The van der Waals surface area contributed by atoms with Crippen LogP contribution in [0.3, 0.4) is 0 Å². The molecule has 0 spiro atoms. The van der Waals surface area contributed by atoms with Gasteiger partial charge < -0.3 is 4.74 Å². The Balaban J connectivity index is 3.36. The van der Waals surface area contributed by atoms with Crippen LogP contribution < -0.4 is 0 Å². The third-order valence-electron chi connectivity index (χ3n) is 0.590. The van der Waals surface area contributed by atoms with Gasteiger partial charge in [-0.1, -0.05) is 19.0 Å². The van der Waals surface area contributed by atoms with E-state index in [1.54, 1.807) is 6.92 Å². The van der Waals surface area contributed by atoms with Gasteiger partial charge >= 0.3 is 0 Å². The molecule has 1 nitrogen and oxygen atoms in total. The number of ether oxygens (including phenoxy) is 1. The number of rotatable bonds is 2. The van der Waals surface area contributed by atoms with Crippen molar-refractivity contribution in [1.29, 1.82) is 0 Å². The van der Waals surface area contributed by atoms with Crippen molar-refractivity contribution in [3.05, 3.63) is 0 Å². The Morgan fingerprint density at radius 2 is 2.11 bits per heavy atom. The van der Waals surface area contributed by atoms with Gasteiger partial charge in [-0.15, -0.1) is 0 Å². The summed E-state index contributed by atoms with van der Waals surface area (Å²) in [6.07, 6.45) is 3.11. The fraction of sp³-hybridized carbons (Fsp3) is 0.667. The first kappa shape index (κ1) is 8.87. The van der Waals surface area contributed by atoms with E-state index in [1.165, 1.54) is 0 Å². The SMILES string of the molecule is CC#COC[Si](C)(C)Cl. The quantitative estimate of drug-likeness (QED) is 0.343. The molecular formula is C6H11ClOSi. The van der Waals surface area contributed by atoms with E-state index in [9.17, 15) is 0 Å². The molecule has 52 valence electrons. The van der Waals surface area contributed by atoms with Crippen LogP contribution in [0.1, 0.15) is 6.92 Å². The zero-order valence-electron chi connectivity index (χ0n) is 5.99. The highest BCUT2D eigenvalue weighted by atomic mass is 35.6. The average Bonchev–Trinajstić information content (AvgIpc) is 1.63. The third-order valence-corrected chi connectivity index (χ3v) is 1.75. The van der Waals surface area contributed by atoms with Crippen LogP contribution in [-0.2, 0) is 4.74 Å². The Morgan fingerprint density at radius 3 is 2.44 bits per heavy atom. The Morgan fingerprint density at radius 1 is 1.56 bits per heavy atom. The monoisotopic (exact) mass is 162 g/mol. The summed E-state index contributed by atoms with van der Waals surface area (Å²) >= 11 is 5.92. The molecule has 0 bridgehead atoms. The van der Waals surface area contributed by atoms with Crippen LogP contribution in [0, 0.1) is 12.0 Å². The molecule has 0 heterocycles. The maximum Gasteiger partial charge on any atom is 0.192 e. The van der Waals surface area contributed by atoms with Crippen molar-refractivity contribution in [3.63, 3.8) is 0 Å². The van der Waals surface area contributed by atoms with Gasteiger partial charge in [-0.3, -0.25) is 0 Å². The Kier molecular flexibility index (Phi) is 3.75. The van der Waals surface area contributed by atoms with Gasteiger partial charge in [0, 0.05) is 6.92 Å². The van der Waals surface area contributed by atoms with Gasteiger partial charge in [-0.05, 0) is 0 Å². The van der Waals surface area contributed by atoms with Gasteiger partial charge in [0.05, 0.1) is 0 Å². The molecule has 0 saturated heterocycles. The number of hydrogen-bond acceptors (Lipinski definition) is 1. The van der Waals surface area contributed by atoms with Gasteiger partial charge in [0.1, 0.15) is 12.3 Å². The highest BCUT2D eigenvalue weighted by Crippen LogP contribution is 2.06. The molecule has 0 atom stereocenters. The number of hydrogen-bond donors (Lipinski definition) is 0. The minimum absolute atomic E-state index is 0.607. The van der Waals surface area contributed by atoms with E-state index in [4.69, 9.17) is 15.8 Å². The molecule has 0 aliphatic heterocycles. The molecule has 0 N–H and O–H groups in total. The summed E-state index contributed by atoms with van der Waals surface area (Å²) in [5.41, 5.74) is 0. The summed E-state index contributed by atoms with van der Waals surface area (Å²) in [6.45, 7) is 5.78. The summed E-state index contributed by atoms with van der Waals surface area (Å²) in [4.78, 5) is 0. The van der Waals surface area contributed by atoms with Crippen LogP contribution in [0.4, 0.5) is 0 Å². The Labute approximate surface area is 62.1 Å². The smallest absolute Gasteiger partial charge is 0.192 e. The van der Waals surface area contributed by atoms with E-state index in [0.717, 1.165) is 0 Å². The van der Waals surface area contributed by atoms with Crippen molar-refractivity contribution < 1.29 is 4.74 Å². The Hall–Kier alpha value is -0.133. The zero-order valence-corrected chi connectivity index (χ0v) is 7.75. The summed E-state index contributed by atoms with van der Waals surface area (Å²) in [6, 6.07) is 0. The molecule has 3 heteroatoms. The van der Waals surface area contributed by atoms with Crippen LogP contribution in [0.2, 0.25) is 13.1 Å². The topological polar surface area (TPSA) is 9.23 Å². The predicted octanol–water partition coefficient (Wildman–Crippen LogP) is 1.97. The van der Waals surface area contributed by atoms with Crippen molar-refractivity contribution >= 4 is 18.5 Å². The maximum absolute atomic E-state index is 5.92. The van der Waals surface area contributed by atoms with Gasteiger partial charge in [0.25, 0.3) is 0 Å². The van der Waals surface area contributed by atoms with E-state index in [2.05, 4.69) is 12.0 Å². The third kappa shape index (κ3) is 7.87. The molecule has 0 saturated carbocycles. The Bertz CT molecular complexity index is 128. The minimum Gasteiger partial charge on any atom is -0.449 e. The van der Waals surface area contributed by atoms with E-state index in [-0.39, 0.29) is 0 Å². The standard InChI is InChI=1S/C6H11ClOSi/c1-4-5-8-6-9(2,3)7/h6H2,1-3H3. The number of halogens is 1. The lowest BCUT2D eigenvalue weighted by Crippen LogP contribution is -2.23. The fourth-order valence-corrected chi connectivity index (χ4v) is 0.859. The van der Waals surface area contributed by atoms with Crippen LogP contribution in [0.25, 0.3) is 0 Å². The second-order valence-electron chi connectivity index (χ2n) is 2.36. The van der Waals surface area contributed by atoms with E-state index < -0.39 is 7.38 Å². The molecule has 0 rings (SSSR count). The lowest BCUT2D eigenvalue weighted by Gasteiger charge is -2.08. The molecule has 0 amide bonds. The lowest BCUT2D eigenvalue weighted by atomic mass is 10.8. The van der Waals surface area contributed by atoms with Crippen molar-refractivity contribution in [1.82, 2.24) is 0 Å². The summed E-state index contributed by atoms with van der Waals surface area (Å²) < 4.78 is 4.92. The molecule has 0 unspecified atom stereocenters. The van der Waals surface area contributed by atoms with Crippen molar-refractivity contribution in [2.75, 3.05) is 6.23 Å². The van der Waals surface area contributed by atoms with Crippen LogP contribution in [0.5, 0.6) is 0 Å². The maximum atomic E-state index is 5.92. The molecule has 0 aromatic rings. The van der Waals surface area contributed by atoms with Crippen LogP contribution in [0.15, 0.2) is 0 Å². The van der Waals surface area contributed by atoms with Crippen molar-refractivity contribution in [3.8, 4) is 12.0 Å². The van der Waals surface area contributed by atoms with Crippen molar-refractivity contribution in [2.45, 2.75) is 20.0 Å². The molecule has 0 fully saturated rings. The molecule has 0 radical (unpaired) electrons. The molecular weight excluding hydrogens is 152 g/mol. The second-order valence-corrected chi connectivity index (χ2v) is 9.16. The van der Waals surface area contributed by atoms with E-state index in [0.29, 0.717) is 6.23 Å². The normalized spacial score (nSPS) is 9.78. The van der Waals surface area contributed by atoms with Crippen LogP contribution in [-0.4, -0.2) is 13.6 Å². The van der Waals surface area contributed by atoms with E-state index >= 15 is 0 Å². The largest absolute Gasteiger partial charge is 0.449 e. The molecule has 0 aliphatic carbocycles. The minimum atomic E-state index is -1.55. The fourth-order valence-electron chi connectivity index (χ4n) is 0.280.